The van der Waals surface area contributed by atoms with Crippen LogP contribution in [0.2, 0.25) is 0 Å². The molecule has 0 saturated carbocycles. The van der Waals surface area contributed by atoms with Crippen LogP contribution in [-0.2, 0) is 0 Å². The van der Waals surface area contributed by atoms with Gasteiger partial charge >= 0.3 is 0 Å². The first-order valence-corrected chi connectivity index (χ1v) is 3.92. The molecule has 4 N–H and O–H groups in total. The second kappa shape index (κ2) is 5.52. The third kappa shape index (κ3) is 4.05. The predicted octanol–water partition coefficient (Wildman–Crippen LogP) is -0.280. The van der Waals surface area contributed by atoms with Crippen molar-refractivity contribution >= 4 is 12.2 Å². The lowest BCUT2D eigenvalue weighted by atomic mass is 10.5. The number of pyridine rings is 1. The van der Waals surface area contributed by atoms with Crippen molar-refractivity contribution in [3.8, 4) is 5.75 Å². The smallest absolute Gasteiger partial charge is 0.211 e. The van der Waals surface area contributed by atoms with Gasteiger partial charge in [-0.1, -0.05) is 0 Å². The number of nitrogens with two attached hydrogens (primary N) is 2. The molecule has 0 atom stereocenters. The Balaban J connectivity index is 2.29. The second-order valence-corrected chi connectivity index (χ2v) is 2.32. The molecule has 0 aromatic carbocycles. The van der Waals surface area contributed by atoms with Gasteiger partial charge in [-0.05, 0) is 12.1 Å². The Morgan fingerprint density at radius 1 is 1.57 bits per heavy atom. The maximum atomic E-state index is 5.23. The van der Waals surface area contributed by atoms with Crippen molar-refractivity contribution in [3.05, 3.63) is 24.5 Å². The average molecular weight is 193 g/mol. The molecule has 6 nitrogen and oxygen atoms in total. The zero-order valence-electron chi connectivity index (χ0n) is 7.50. The molecule has 0 radical (unpaired) electrons. The maximum absolute atomic E-state index is 5.23. The molecular weight excluding hydrogens is 182 g/mol. The van der Waals surface area contributed by atoms with Gasteiger partial charge < -0.3 is 16.2 Å². The van der Waals surface area contributed by atoms with Crippen LogP contribution in [0.25, 0.3) is 0 Å². The first-order valence-electron chi connectivity index (χ1n) is 3.92. The van der Waals surface area contributed by atoms with Crippen LogP contribution < -0.4 is 16.2 Å². The molecule has 0 aliphatic rings. The fourth-order valence-corrected chi connectivity index (χ4v) is 0.707. The number of nitrogens with zero attached hydrogens (tertiary/aromatic N) is 3. The summed E-state index contributed by atoms with van der Waals surface area (Å²) in [5.41, 5.74) is 10.1. The van der Waals surface area contributed by atoms with E-state index in [1.165, 1.54) is 6.21 Å². The van der Waals surface area contributed by atoms with E-state index in [1.807, 2.05) is 0 Å². The van der Waals surface area contributed by atoms with E-state index in [1.54, 1.807) is 24.5 Å². The van der Waals surface area contributed by atoms with E-state index < -0.39 is 0 Å². The first-order chi connectivity index (χ1) is 6.79. The number of aromatic nitrogens is 1. The van der Waals surface area contributed by atoms with E-state index in [4.69, 9.17) is 16.2 Å². The summed E-state index contributed by atoms with van der Waals surface area (Å²) in [5, 5.41) is 6.96. The fourth-order valence-electron chi connectivity index (χ4n) is 0.707. The quantitative estimate of drug-likeness (QED) is 0.390. The van der Waals surface area contributed by atoms with Crippen LogP contribution in [0.15, 0.2) is 34.7 Å². The standard InChI is InChI=1S/C8H11N5O/c9-8(10)13-12-4-5-14-7-2-1-3-11-6-7/h1-4,6H,5H2,(H4,9,10,13)/b12-4-. The van der Waals surface area contributed by atoms with Crippen molar-refractivity contribution in [2.75, 3.05) is 6.61 Å². The molecule has 1 aromatic rings. The second-order valence-electron chi connectivity index (χ2n) is 2.32. The van der Waals surface area contributed by atoms with Crippen molar-refractivity contribution < 1.29 is 4.74 Å². The molecule has 6 heteroatoms. The summed E-state index contributed by atoms with van der Waals surface area (Å²) in [6.45, 7) is 0.294. The fraction of sp³-hybridized carbons (Fsp3) is 0.125. The van der Waals surface area contributed by atoms with Crippen LogP contribution in [0, 0.1) is 0 Å². The lowest BCUT2D eigenvalue weighted by Gasteiger charge is -1.99. The lowest BCUT2D eigenvalue weighted by molar-refractivity contribution is 0.378. The third-order valence-electron chi connectivity index (χ3n) is 1.21. The van der Waals surface area contributed by atoms with Crippen molar-refractivity contribution in [1.29, 1.82) is 0 Å². The molecule has 1 heterocycles. The summed E-state index contributed by atoms with van der Waals surface area (Å²) in [6.07, 6.45) is 4.72. The largest absolute Gasteiger partial charge is 0.486 e. The van der Waals surface area contributed by atoms with Gasteiger partial charge in [-0.25, -0.2) is 0 Å². The van der Waals surface area contributed by atoms with E-state index >= 15 is 0 Å². The highest BCUT2D eigenvalue weighted by atomic mass is 16.5. The summed E-state index contributed by atoms with van der Waals surface area (Å²) in [5.74, 6) is 0.589. The van der Waals surface area contributed by atoms with Crippen LogP contribution in [0.3, 0.4) is 0 Å². The topological polar surface area (TPSA) is 98.9 Å². The molecule has 0 unspecified atom stereocenters. The molecule has 14 heavy (non-hydrogen) atoms. The van der Waals surface area contributed by atoms with Gasteiger partial charge in [-0.15, -0.1) is 5.10 Å². The van der Waals surface area contributed by atoms with Gasteiger partial charge in [0.05, 0.1) is 12.4 Å². The Hall–Kier alpha value is -2.11. The molecule has 0 saturated heterocycles. The summed E-state index contributed by atoms with van der Waals surface area (Å²) in [6, 6.07) is 3.57. The molecule has 0 spiro atoms. The molecule has 0 fully saturated rings. The number of guanidine groups is 1. The highest BCUT2D eigenvalue weighted by molar-refractivity contribution is 5.76. The highest BCUT2D eigenvalue weighted by Gasteiger charge is 1.87. The number of ether oxygens (including phenoxy) is 1. The van der Waals surface area contributed by atoms with Gasteiger partial charge in [0, 0.05) is 6.20 Å². The third-order valence-corrected chi connectivity index (χ3v) is 1.21. The first kappa shape index (κ1) is 9.97. The molecule has 0 aliphatic heterocycles. The van der Waals surface area contributed by atoms with Crippen LogP contribution in [0.5, 0.6) is 5.75 Å². The maximum Gasteiger partial charge on any atom is 0.211 e. The summed E-state index contributed by atoms with van der Waals surface area (Å²) in [4.78, 5) is 3.87. The summed E-state index contributed by atoms with van der Waals surface area (Å²) < 4.78 is 5.23. The predicted molar refractivity (Wildman–Crippen MR) is 54.0 cm³/mol. The van der Waals surface area contributed by atoms with Crippen LogP contribution >= 0.6 is 0 Å². The van der Waals surface area contributed by atoms with Crippen LogP contribution in [-0.4, -0.2) is 23.8 Å². The van der Waals surface area contributed by atoms with Gasteiger partial charge in [0.15, 0.2) is 0 Å². The normalized spacial score (nSPS) is 10.0. The van der Waals surface area contributed by atoms with Crippen molar-refractivity contribution in [1.82, 2.24) is 4.98 Å². The minimum absolute atomic E-state index is 0.0809. The van der Waals surface area contributed by atoms with E-state index in [2.05, 4.69) is 15.2 Å². The molecule has 74 valence electrons. The molecule has 0 bridgehead atoms. The van der Waals surface area contributed by atoms with Gasteiger partial charge in [0.25, 0.3) is 0 Å². The molecule has 1 rings (SSSR count). The monoisotopic (exact) mass is 193 g/mol. The van der Waals surface area contributed by atoms with Crippen molar-refractivity contribution in [2.24, 2.45) is 21.7 Å². The van der Waals surface area contributed by atoms with Gasteiger partial charge in [-0.2, -0.15) is 5.10 Å². The Morgan fingerprint density at radius 2 is 2.43 bits per heavy atom. The molecule has 1 aromatic heterocycles. The number of hydrogen-bond donors (Lipinski definition) is 2. The highest BCUT2D eigenvalue weighted by Crippen LogP contribution is 2.04. The van der Waals surface area contributed by atoms with Crippen molar-refractivity contribution in [3.63, 3.8) is 0 Å². The lowest BCUT2D eigenvalue weighted by Crippen LogP contribution is -2.21. The summed E-state index contributed by atoms with van der Waals surface area (Å²) >= 11 is 0. The molecule has 0 amide bonds. The Kier molecular flexibility index (Phi) is 3.93. The summed E-state index contributed by atoms with van der Waals surface area (Å²) in [7, 11) is 0. The Labute approximate surface area is 81.3 Å². The zero-order chi connectivity index (χ0) is 10.2. The van der Waals surface area contributed by atoms with E-state index in [9.17, 15) is 0 Å². The van der Waals surface area contributed by atoms with E-state index in [0.29, 0.717) is 12.4 Å². The van der Waals surface area contributed by atoms with Crippen LogP contribution in [0.4, 0.5) is 0 Å². The zero-order valence-corrected chi connectivity index (χ0v) is 7.50. The number of hydrogen-bond acceptors (Lipinski definition) is 4. The van der Waals surface area contributed by atoms with Crippen LogP contribution in [0.1, 0.15) is 0 Å². The van der Waals surface area contributed by atoms with Gasteiger partial charge in [0.1, 0.15) is 12.4 Å². The number of rotatable bonds is 4. The molecular formula is C8H11N5O. The average Bonchev–Trinajstić information content (AvgIpc) is 2.18. The van der Waals surface area contributed by atoms with Gasteiger partial charge in [-0.3, -0.25) is 4.98 Å². The minimum Gasteiger partial charge on any atom is -0.486 e. The van der Waals surface area contributed by atoms with E-state index in [-0.39, 0.29) is 5.96 Å². The SMILES string of the molecule is NC(N)=N/N=C\COc1cccnc1. The Morgan fingerprint density at radius 3 is 3.07 bits per heavy atom. The van der Waals surface area contributed by atoms with Crippen molar-refractivity contribution in [2.45, 2.75) is 0 Å². The molecule has 0 aliphatic carbocycles. The Bertz CT molecular complexity index is 318. The van der Waals surface area contributed by atoms with Gasteiger partial charge in [0.2, 0.25) is 5.96 Å². The van der Waals surface area contributed by atoms with E-state index in [0.717, 1.165) is 0 Å². The minimum atomic E-state index is -0.0809.